The van der Waals surface area contributed by atoms with E-state index in [9.17, 15) is 0 Å². The molecule has 1 saturated heterocycles. The van der Waals surface area contributed by atoms with Gasteiger partial charge in [0.15, 0.2) is 0 Å². The minimum atomic E-state index is 0.796. The zero-order valence-corrected chi connectivity index (χ0v) is 9.13. The van der Waals surface area contributed by atoms with Crippen molar-refractivity contribution in [2.75, 3.05) is 13.1 Å². The molecule has 1 aromatic heterocycles. The largest absolute Gasteiger partial charge is 0.316 e. The first kappa shape index (κ1) is 9.50. The Morgan fingerprint density at radius 2 is 2.54 bits per heavy atom. The van der Waals surface area contributed by atoms with Crippen molar-refractivity contribution in [3.05, 3.63) is 21.3 Å². The highest BCUT2D eigenvalue weighted by molar-refractivity contribution is 7.10. The van der Waals surface area contributed by atoms with Gasteiger partial charge in [-0.25, -0.2) is 0 Å². The van der Waals surface area contributed by atoms with Gasteiger partial charge in [0.05, 0.1) is 5.02 Å². The molecule has 1 aromatic rings. The van der Waals surface area contributed by atoms with Crippen molar-refractivity contribution in [2.45, 2.75) is 19.3 Å². The number of hydrogen-bond donors (Lipinski definition) is 1. The normalized spacial score (nSPS) is 23.3. The predicted octanol–water partition coefficient (Wildman–Crippen LogP) is 2.94. The van der Waals surface area contributed by atoms with Crippen LogP contribution in [0.15, 0.2) is 11.4 Å². The summed E-state index contributed by atoms with van der Waals surface area (Å²) in [5.74, 6) is 0.796. The van der Waals surface area contributed by atoms with Gasteiger partial charge < -0.3 is 5.32 Å². The molecule has 1 atom stereocenters. The lowest BCUT2D eigenvalue weighted by Gasteiger charge is -2.22. The first-order valence-electron chi connectivity index (χ1n) is 4.79. The topological polar surface area (TPSA) is 12.0 Å². The third kappa shape index (κ3) is 2.46. The lowest BCUT2D eigenvalue weighted by Crippen LogP contribution is -2.30. The van der Waals surface area contributed by atoms with Gasteiger partial charge in [0.25, 0.3) is 0 Å². The van der Waals surface area contributed by atoms with E-state index in [-0.39, 0.29) is 0 Å². The molecule has 3 heteroatoms. The van der Waals surface area contributed by atoms with Crippen LogP contribution in [-0.2, 0) is 6.42 Å². The summed E-state index contributed by atoms with van der Waals surface area (Å²) < 4.78 is 0. The molecular weight excluding hydrogens is 202 g/mol. The summed E-state index contributed by atoms with van der Waals surface area (Å²) >= 11 is 7.83. The van der Waals surface area contributed by atoms with Crippen molar-refractivity contribution in [1.29, 1.82) is 0 Å². The maximum Gasteiger partial charge on any atom is 0.0545 e. The summed E-state index contributed by atoms with van der Waals surface area (Å²) in [5, 5.41) is 6.46. The van der Waals surface area contributed by atoms with Gasteiger partial charge in [-0.05, 0) is 49.7 Å². The molecule has 1 nitrogen and oxygen atoms in total. The molecule has 1 aliphatic rings. The molecule has 1 aliphatic heterocycles. The second-order valence-electron chi connectivity index (χ2n) is 3.61. The van der Waals surface area contributed by atoms with Crippen molar-refractivity contribution in [1.82, 2.24) is 5.32 Å². The number of piperidine rings is 1. The molecule has 1 N–H and O–H groups in total. The molecule has 0 radical (unpaired) electrons. The Labute approximate surface area is 88.1 Å². The van der Waals surface area contributed by atoms with Crippen LogP contribution in [-0.4, -0.2) is 13.1 Å². The molecule has 0 spiro atoms. The van der Waals surface area contributed by atoms with E-state index in [1.807, 2.05) is 6.07 Å². The van der Waals surface area contributed by atoms with E-state index in [0.29, 0.717) is 0 Å². The van der Waals surface area contributed by atoms with Crippen LogP contribution in [0.4, 0.5) is 0 Å². The van der Waals surface area contributed by atoms with Gasteiger partial charge in [-0.2, -0.15) is 0 Å². The zero-order chi connectivity index (χ0) is 9.10. The van der Waals surface area contributed by atoms with Crippen molar-refractivity contribution in [2.24, 2.45) is 5.92 Å². The monoisotopic (exact) mass is 215 g/mol. The van der Waals surface area contributed by atoms with E-state index >= 15 is 0 Å². The predicted molar refractivity (Wildman–Crippen MR) is 58.6 cm³/mol. The Morgan fingerprint density at radius 1 is 1.62 bits per heavy atom. The van der Waals surface area contributed by atoms with E-state index < -0.39 is 0 Å². The van der Waals surface area contributed by atoms with Gasteiger partial charge in [0, 0.05) is 4.88 Å². The van der Waals surface area contributed by atoms with Gasteiger partial charge in [-0.15, -0.1) is 11.3 Å². The van der Waals surface area contributed by atoms with Gasteiger partial charge in [0.1, 0.15) is 0 Å². The number of halogens is 1. The van der Waals surface area contributed by atoms with E-state index in [1.165, 1.54) is 24.3 Å². The summed E-state index contributed by atoms with van der Waals surface area (Å²) in [6.45, 7) is 2.35. The fourth-order valence-corrected chi connectivity index (χ4v) is 3.06. The van der Waals surface area contributed by atoms with E-state index in [1.54, 1.807) is 11.3 Å². The number of nitrogens with one attached hydrogen (secondary N) is 1. The summed E-state index contributed by atoms with van der Waals surface area (Å²) in [4.78, 5) is 1.36. The van der Waals surface area contributed by atoms with Crippen LogP contribution < -0.4 is 5.32 Å². The lowest BCUT2D eigenvalue weighted by molar-refractivity contribution is 0.378. The third-order valence-corrected chi connectivity index (χ3v) is 3.97. The van der Waals surface area contributed by atoms with E-state index in [0.717, 1.165) is 23.9 Å². The van der Waals surface area contributed by atoms with Gasteiger partial charge in [-0.1, -0.05) is 11.6 Å². The smallest absolute Gasteiger partial charge is 0.0545 e. The average Bonchev–Trinajstić information content (AvgIpc) is 2.54. The van der Waals surface area contributed by atoms with E-state index in [2.05, 4.69) is 10.7 Å². The second-order valence-corrected chi connectivity index (χ2v) is 5.02. The Morgan fingerprint density at radius 3 is 3.15 bits per heavy atom. The standard InChI is InChI=1S/C10H14ClNS/c11-9-3-5-13-10(9)6-8-2-1-4-12-7-8/h3,5,8,12H,1-2,4,6-7H2. The summed E-state index contributed by atoms with van der Waals surface area (Å²) in [5.41, 5.74) is 0. The van der Waals surface area contributed by atoms with Crippen molar-refractivity contribution in [3.63, 3.8) is 0 Å². The summed E-state index contributed by atoms with van der Waals surface area (Å²) in [6, 6.07) is 2.00. The van der Waals surface area contributed by atoms with Crippen LogP contribution in [0.5, 0.6) is 0 Å². The molecule has 0 aliphatic carbocycles. The Hall–Kier alpha value is -0.0500. The SMILES string of the molecule is Clc1ccsc1CC1CCCNC1. The number of rotatable bonds is 2. The maximum atomic E-state index is 6.05. The van der Waals surface area contributed by atoms with Crippen LogP contribution in [0.25, 0.3) is 0 Å². The molecule has 0 bridgehead atoms. The highest BCUT2D eigenvalue weighted by Crippen LogP contribution is 2.26. The van der Waals surface area contributed by atoms with Crippen molar-refractivity contribution in [3.8, 4) is 0 Å². The highest BCUT2D eigenvalue weighted by atomic mass is 35.5. The van der Waals surface area contributed by atoms with Crippen LogP contribution >= 0.6 is 22.9 Å². The van der Waals surface area contributed by atoms with Crippen molar-refractivity contribution >= 4 is 22.9 Å². The Kier molecular flexibility index (Phi) is 3.25. The van der Waals surface area contributed by atoms with Gasteiger partial charge in [-0.3, -0.25) is 0 Å². The lowest BCUT2D eigenvalue weighted by atomic mass is 9.96. The molecule has 1 unspecified atom stereocenters. The third-order valence-electron chi connectivity index (χ3n) is 2.56. The molecule has 2 heterocycles. The zero-order valence-electron chi connectivity index (χ0n) is 7.55. The molecule has 0 amide bonds. The fourth-order valence-electron chi connectivity index (χ4n) is 1.83. The first-order valence-corrected chi connectivity index (χ1v) is 6.04. The maximum absolute atomic E-state index is 6.05. The van der Waals surface area contributed by atoms with Crippen molar-refractivity contribution < 1.29 is 0 Å². The molecule has 0 aromatic carbocycles. The van der Waals surface area contributed by atoms with Crippen LogP contribution in [0.2, 0.25) is 5.02 Å². The van der Waals surface area contributed by atoms with Crippen LogP contribution in [0.3, 0.4) is 0 Å². The molecular formula is C10H14ClNS. The summed E-state index contributed by atoms with van der Waals surface area (Å²) in [7, 11) is 0. The average molecular weight is 216 g/mol. The minimum absolute atomic E-state index is 0.796. The second kappa shape index (κ2) is 4.45. The molecule has 72 valence electrons. The minimum Gasteiger partial charge on any atom is -0.316 e. The van der Waals surface area contributed by atoms with Gasteiger partial charge >= 0.3 is 0 Å². The molecule has 0 saturated carbocycles. The summed E-state index contributed by atoms with van der Waals surface area (Å²) in [6.07, 6.45) is 3.82. The molecule has 2 rings (SSSR count). The number of thiophene rings is 1. The van der Waals surface area contributed by atoms with Crippen LogP contribution in [0, 0.1) is 5.92 Å². The first-order chi connectivity index (χ1) is 6.36. The Balaban J connectivity index is 1.93. The number of hydrogen-bond acceptors (Lipinski definition) is 2. The molecule has 1 fully saturated rings. The van der Waals surface area contributed by atoms with Gasteiger partial charge in [0.2, 0.25) is 0 Å². The quantitative estimate of drug-likeness (QED) is 0.800. The Bertz CT molecular complexity index is 266. The highest BCUT2D eigenvalue weighted by Gasteiger charge is 2.15. The molecule has 13 heavy (non-hydrogen) atoms. The van der Waals surface area contributed by atoms with E-state index in [4.69, 9.17) is 11.6 Å². The fraction of sp³-hybridized carbons (Fsp3) is 0.600. The van der Waals surface area contributed by atoms with Crippen LogP contribution in [0.1, 0.15) is 17.7 Å².